The van der Waals surface area contributed by atoms with E-state index in [1.165, 1.54) is 6.07 Å². The van der Waals surface area contributed by atoms with Gasteiger partial charge in [0.05, 0.1) is 4.90 Å². The summed E-state index contributed by atoms with van der Waals surface area (Å²) < 4.78 is 25.7. The Bertz CT molecular complexity index is 1210. The lowest BCUT2D eigenvalue weighted by Crippen LogP contribution is -2.50. The number of rotatable bonds is 4. The molecule has 0 N–H and O–H groups in total. The zero-order chi connectivity index (χ0) is 21.3. The zero-order valence-corrected chi connectivity index (χ0v) is 18.2. The molecule has 0 bridgehead atoms. The van der Waals surface area contributed by atoms with Crippen LogP contribution in [-0.2, 0) is 14.6 Å². The molecule has 2 heterocycles. The van der Waals surface area contributed by atoms with E-state index in [1.807, 2.05) is 19.1 Å². The van der Waals surface area contributed by atoms with E-state index >= 15 is 0 Å². The Morgan fingerprint density at radius 1 is 1.00 bits per heavy atom. The molecule has 1 aliphatic rings. The van der Waals surface area contributed by atoms with Crippen molar-refractivity contribution in [2.75, 3.05) is 36.8 Å². The van der Waals surface area contributed by atoms with Crippen LogP contribution >= 0.6 is 11.6 Å². The van der Waals surface area contributed by atoms with E-state index in [0.29, 0.717) is 31.2 Å². The smallest absolute Gasteiger partial charge is 0.238 e. The molecule has 156 valence electrons. The minimum Gasteiger partial charge on any atom is -0.368 e. The van der Waals surface area contributed by atoms with Gasteiger partial charge in [-0.05, 0) is 54.1 Å². The van der Waals surface area contributed by atoms with Crippen LogP contribution in [-0.4, -0.2) is 56.1 Å². The van der Waals surface area contributed by atoms with Gasteiger partial charge in [-0.1, -0.05) is 23.7 Å². The standard InChI is InChI=1S/C22H22ClN3O3S/c1-16-12-20(6-7-24-16)25-8-10-26(11-9-25)22(27)15-30(28,29)21-5-3-17-13-19(23)4-2-18(17)14-21/h2-7,12-14H,8-11,15H2,1H3. The van der Waals surface area contributed by atoms with Gasteiger partial charge in [-0.3, -0.25) is 9.78 Å². The summed E-state index contributed by atoms with van der Waals surface area (Å²) in [4.78, 5) is 20.9. The average molecular weight is 444 g/mol. The topological polar surface area (TPSA) is 70.6 Å². The number of hydrogen-bond donors (Lipinski definition) is 0. The van der Waals surface area contributed by atoms with E-state index in [-0.39, 0.29) is 10.8 Å². The summed E-state index contributed by atoms with van der Waals surface area (Å²) in [5, 5.41) is 2.22. The third-order valence-electron chi connectivity index (χ3n) is 5.32. The zero-order valence-electron chi connectivity index (χ0n) is 16.6. The first-order valence-corrected chi connectivity index (χ1v) is 11.7. The molecule has 0 spiro atoms. The van der Waals surface area contributed by atoms with Gasteiger partial charge in [-0.15, -0.1) is 0 Å². The van der Waals surface area contributed by atoms with Crippen molar-refractivity contribution in [1.82, 2.24) is 9.88 Å². The molecule has 1 saturated heterocycles. The minimum atomic E-state index is -3.73. The Morgan fingerprint density at radius 2 is 1.70 bits per heavy atom. The fourth-order valence-electron chi connectivity index (χ4n) is 3.67. The first-order chi connectivity index (χ1) is 14.3. The summed E-state index contributed by atoms with van der Waals surface area (Å²) in [5.41, 5.74) is 2.01. The number of pyridine rings is 1. The number of aryl methyl sites for hydroxylation is 1. The molecule has 4 rings (SSSR count). The molecule has 1 aliphatic heterocycles. The number of piperazine rings is 1. The number of halogens is 1. The summed E-state index contributed by atoms with van der Waals surface area (Å²) in [5.74, 6) is -0.891. The van der Waals surface area contributed by atoms with E-state index in [2.05, 4.69) is 9.88 Å². The van der Waals surface area contributed by atoms with Gasteiger partial charge in [0.25, 0.3) is 0 Å². The van der Waals surface area contributed by atoms with Gasteiger partial charge in [0.15, 0.2) is 9.84 Å². The molecule has 0 aliphatic carbocycles. The normalized spacial score (nSPS) is 14.9. The number of amides is 1. The lowest BCUT2D eigenvalue weighted by molar-refractivity contribution is -0.128. The SMILES string of the molecule is Cc1cc(N2CCN(C(=O)CS(=O)(=O)c3ccc4cc(Cl)ccc4c3)CC2)ccn1. The monoisotopic (exact) mass is 443 g/mol. The molecular formula is C22H22ClN3O3S. The number of carbonyl (C=O) groups excluding carboxylic acids is 1. The quantitative estimate of drug-likeness (QED) is 0.618. The number of nitrogens with zero attached hydrogens (tertiary/aromatic N) is 3. The van der Waals surface area contributed by atoms with E-state index in [0.717, 1.165) is 22.2 Å². The van der Waals surface area contributed by atoms with Gasteiger partial charge < -0.3 is 9.80 Å². The highest BCUT2D eigenvalue weighted by Crippen LogP contribution is 2.24. The number of benzene rings is 2. The maximum Gasteiger partial charge on any atom is 0.238 e. The highest BCUT2D eigenvalue weighted by molar-refractivity contribution is 7.92. The van der Waals surface area contributed by atoms with Crippen molar-refractivity contribution in [3.8, 4) is 0 Å². The van der Waals surface area contributed by atoms with E-state index < -0.39 is 15.6 Å². The number of fused-ring (bicyclic) bond motifs is 1. The Balaban J connectivity index is 1.43. The van der Waals surface area contributed by atoms with Crippen LogP contribution in [0.15, 0.2) is 59.6 Å². The predicted molar refractivity (Wildman–Crippen MR) is 119 cm³/mol. The number of carbonyl (C=O) groups is 1. The second kappa shape index (κ2) is 8.24. The first-order valence-electron chi connectivity index (χ1n) is 9.69. The fourth-order valence-corrected chi connectivity index (χ4v) is 5.10. The van der Waals surface area contributed by atoms with Crippen molar-refractivity contribution in [1.29, 1.82) is 0 Å². The molecule has 0 saturated carbocycles. The van der Waals surface area contributed by atoms with Crippen molar-refractivity contribution in [2.24, 2.45) is 0 Å². The predicted octanol–water partition coefficient (Wildman–Crippen LogP) is 3.32. The average Bonchev–Trinajstić information content (AvgIpc) is 2.73. The Kier molecular flexibility index (Phi) is 5.66. The van der Waals surface area contributed by atoms with Crippen LogP contribution < -0.4 is 4.90 Å². The molecule has 1 fully saturated rings. The van der Waals surface area contributed by atoms with Crippen LogP contribution in [0.5, 0.6) is 0 Å². The van der Waals surface area contributed by atoms with Crippen molar-refractivity contribution in [3.05, 3.63) is 65.4 Å². The Morgan fingerprint density at radius 3 is 2.43 bits per heavy atom. The third kappa shape index (κ3) is 4.42. The minimum absolute atomic E-state index is 0.150. The van der Waals surface area contributed by atoms with Crippen molar-refractivity contribution in [2.45, 2.75) is 11.8 Å². The molecule has 0 unspecified atom stereocenters. The van der Waals surface area contributed by atoms with Crippen LogP contribution in [0.3, 0.4) is 0 Å². The van der Waals surface area contributed by atoms with Gasteiger partial charge in [0, 0.05) is 48.8 Å². The molecule has 6 nitrogen and oxygen atoms in total. The molecule has 30 heavy (non-hydrogen) atoms. The Hall–Kier alpha value is -2.64. The molecule has 0 atom stereocenters. The van der Waals surface area contributed by atoms with Crippen molar-refractivity contribution >= 4 is 43.8 Å². The first kappa shape index (κ1) is 20.6. The molecule has 3 aromatic rings. The maximum atomic E-state index is 12.8. The molecule has 1 amide bonds. The summed E-state index contributed by atoms with van der Waals surface area (Å²) in [6, 6.07) is 14.1. The van der Waals surface area contributed by atoms with Crippen LogP contribution in [0, 0.1) is 6.92 Å². The highest BCUT2D eigenvalue weighted by atomic mass is 35.5. The molecule has 1 aromatic heterocycles. The summed E-state index contributed by atoms with van der Waals surface area (Å²) in [7, 11) is -3.73. The lowest BCUT2D eigenvalue weighted by atomic mass is 10.1. The second-order valence-corrected chi connectivity index (χ2v) is 9.86. The van der Waals surface area contributed by atoms with Crippen LogP contribution in [0.2, 0.25) is 5.02 Å². The van der Waals surface area contributed by atoms with E-state index in [9.17, 15) is 13.2 Å². The largest absolute Gasteiger partial charge is 0.368 e. The summed E-state index contributed by atoms with van der Waals surface area (Å²) >= 11 is 5.99. The van der Waals surface area contributed by atoms with Crippen LogP contribution in [0.1, 0.15) is 5.69 Å². The third-order valence-corrected chi connectivity index (χ3v) is 7.16. The van der Waals surface area contributed by atoms with Crippen molar-refractivity contribution < 1.29 is 13.2 Å². The lowest BCUT2D eigenvalue weighted by Gasteiger charge is -2.36. The molecule has 0 radical (unpaired) electrons. The van der Waals surface area contributed by atoms with E-state index in [1.54, 1.807) is 41.4 Å². The fraction of sp³-hybridized carbons (Fsp3) is 0.273. The molecule has 8 heteroatoms. The summed E-state index contributed by atoms with van der Waals surface area (Å²) in [6.07, 6.45) is 1.77. The van der Waals surface area contributed by atoms with Crippen LogP contribution in [0.25, 0.3) is 10.8 Å². The van der Waals surface area contributed by atoms with Gasteiger partial charge in [-0.2, -0.15) is 0 Å². The highest BCUT2D eigenvalue weighted by Gasteiger charge is 2.26. The van der Waals surface area contributed by atoms with Gasteiger partial charge in [-0.25, -0.2) is 8.42 Å². The number of anilines is 1. The van der Waals surface area contributed by atoms with Crippen molar-refractivity contribution in [3.63, 3.8) is 0 Å². The Labute approximate surface area is 181 Å². The number of aromatic nitrogens is 1. The molecule has 2 aromatic carbocycles. The van der Waals surface area contributed by atoms with Gasteiger partial charge in [0.1, 0.15) is 5.75 Å². The van der Waals surface area contributed by atoms with Crippen LogP contribution in [0.4, 0.5) is 5.69 Å². The number of hydrogen-bond acceptors (Lipinski definition) is 5. The number of sulfone groups is 1. The van der Waals surface area contributed by atoms with E-state index in [4.69, 9.17) is 11.6 Å². The molecular weight excluding hydrogens is 422 g/mol. The maximum absolute atomic E-state index is 12.8. The summed E-state index contributed by atoms with van der Waals surface area (Å²) in [6.45, 7) is 4.24. The second-order valence-electron chi connectivity index (χ2n) is 7.44. The van der Waals surface area contributed by atoms with Gasteiger partial charge in [0.2, 0.25) is 5.91 Å². The van der Waals surface area contributed by atoms with Gasteiger partial charge >= 0.3 is 0 Å².